The average Bonchev–Trinajstić information content (AvgIpc) is 2.37. The summed E-state index contributed by atoms with van der Waals surface area (Å²) in [4.78, 5) is 5.19. The number of hydrogen-bond donors (Lipinski definition) is 0. The van der Waals surface area contributed by atoms with Gasteiger partial charge < -0.3 is 4.84 Å². The standard InChI is InChI=1S/C15H13ClNO/c1-12-5-4-6-13(9-12)11-18-17-10-14-7-2-3-8-15(14)16/h2-9H,11H2,1H3. The minimum Gasteiger partial charge on any atom is -0.390 e. The molecule has 0 aromatic heterocycles. The number of aryl methyl sites for hydroxylation is 1. The minimum atomic E-state index is 0.430. The van der Waals surface area contributed by atoms with Crippen LogP contribution in [0, 0.1) is 6.92 Å². The second-order valence-electron chi connectivity index (χ2n) is 3.95. The highest BCUT2D eigenvalue weighted by molar-refractivity contribution is 6.33. The van der Waals surface area contributed by atoms with Crippen molar-refractivity contribution in [3.05, 3.63) is 70.2 Å². The van der Waals surface area contributed by atoms with Crippen LogP contribution in [0.15, 0.2) is 53.7 Å². The lowest BCUT2D eigenvalue weighted by Gasteiger charge is -2.00. The number of hydrogen-bond acceptors (Lipinski definition) is 2. The van der Waals surface area contributed by atoms with Crippen molar-refractivity contribution in [2.75, 3.05) is 0 Å². The summed E-state index contributed by atoms with van der Waals surface area (Å²) in [5.41, 5.74) is 3.01. The lowest BCUT2D eigenvalue weighted by Crippen LogP contribution is -1.89. The maximum Gasteiger partial charge on any atom is 0.142 e. The molecule has 0 amide bonds. The van der Waals surface area contributed by atoms with E-state index in [1.54, 1.807) is 6.07 Å². The van der Waals surface area contributed by atoms with Gasteiger partial charge in [0.05, 0.1) is 5.02 Å². The molecular weight excluding hydrogens is 246 g/mol. The predicted octanol–water partition coefficient (Wildman–Crippen LogP) is 4.08. The molecule has 2 rings (SSSR count). The molecule has 2 aromatic carbocycles. The molecule has 0 bridgehead atoms. The fourth-order valence-electron chi connectivity index (χ4n) is 1.54. The maximum absolute atomic E-state index is 5.96. The van der Waals surface area contributed by atoms with Gasteiger partial charge in [0, 0.05) is 5.56 Å². The number of benzene rings is 2. The molecule has 0 fully saturated rings. The zero-order chi connectivity index (χ0) is 12.8. The second kappa shape index (κ2) is 6.22. The van der Waals surface area contributed by atoms with Crippen molar-refractivity contribution in [3.63, 3.8) is 0 Å². The molecule has 0 aliphatic heterocycles. The van der Waals surface area contributed by atoms with Gasteiger partial charge in [0.2, 0.25) is 0 Å². The van der Waals surface area contributed by atoms with Crippen molar-refractivity contribution in [2.45, 2.75) is 13.5 Å². The highest BCUT2D eigenvalue weighted by Crippen LogP contribution is 2.12. The Morgan fingerprint density at radius 3 is 2.78 bits per heavy atom. The third kappa shape index (κ3) is 3.60. The normalized spacial score (nSPS) is 10.8. The first-order valence-electron chi connectivity index (χ1n) is 5.64. The summed E-state index contributed by atoms with van der Waals surface area (Å²) in [6, 6.07) is 15.5. The fourth-order valence-corrected chi connectivity index (χ4v) is 1.72. The molecule has 2 aromatic rings. The Balaban J connectivity index is 1.91. The van der Waals surface area contributed by atoms with E-state index in [0.717, 1.165) is 11.1 Å². The Bertz CT molecular complexity index is 552. The van der Waals surface area contributed by atoms with Crippen molar-refractivity contribution >= 4 is 17.8 Å². The van der Waals surface area contributed by atoms with Crippen LogP contribution in [0.1, 0.15) is 16.7 Å². The van der Waals surface area contributed by atoms with Crippen LogP contribution in [-0.2, 0) is 11.4 Å². The van der Waals surface area contributed by atoms with Gasteiger partial charge in [-0.25, -0.2) is 0 Å². The molecule has 18 heavy (non-hydrogen) atoms. The van der Waals surface area contributed by atoms with Gasteiger partial charge in [0.15, 0.2) is 0 Å². The molecular formula is C15H13ClNO. The van der Waals surface area contributed by atoms with Crippen LogP contribution >= 0.6 is 11.6 Å². The first-order valence-corrected chi connectivity index (χ1v) is 6.01. The van der Waals surface area contributed by atoms with E-state index in [-0.39, 0.29) is 0 Å². The van der Waals surface area contributed by atoms with Crippen LogP contribution in [0.4, 0.5) is 0 Å². The van der Waals surface area contributed by atoms with Crippen LogP contribution in [0.25, 0.3) is 0 Å². The lowest BCUT2D eigenvalue weighted by atomic mass is 10.1. The molecule has 0 N–H and O–H groups in total. The van der Waals surface area contributed by atoms with Gasteiger partial charge in [0.1, 0.15) is 12.8 Å². The topological polar surface area (TPSA) is 21.6 Å². The Morgan fingerprint density at radius 1 is 1.17 bits per heavy atom. The summed E-state index contributed by atoms with van der Waals surface area (Å²) in [5, 5.41) is 4.40. The van der Waals surface area contributed by atoms with Crippen LogP contribution in [0.5, 0.6) is 0 Å². The number of halogens is 1. The summed E-state index contributed by atoms with van der Waals surface area (Å²) < 4.78 is 0. The fraction of sp³-hybridized carbons (Fsp3) is 0.133. The molecule has 0 saturated carbocycles. The van der Waals surface area contributed by atoms with Crippen molar-refractivity contribution in [1.29, 1.82) is 0 Å². The molecule has 3 heteroatoms. The third-order valence-electron chi connectivity index (χ3n) is 2.42. The van der Waals surface area contributed by atoms with Crippen molar-refractivity contribution in [3.8, 4) is 0 Å². The first-order chi connectivity index (χ1) is 8.75. The first kappa shape index (κ1) is 12.7. The van der Waals surface area contributed by atoms with Crippen LogP contribution < -0.4 is 0 Å². The van der Waals surface area contributed by atoms with Crippen LogP contribution in [0.3, 0.4) is 0 Å². The van der Waals surface area contributed by atoms with Gasteiger partial charge in [-0.15, -0.1) is 0 Å². The maximum atomic E-state index is 5.96. The third-order valence-corrected chi connectivity index (χ3v) is 2.75. The molecule has 0 aliphatic rings. The Labute approximate surface area is 112 Å². The van der Waals surface area contributed by atoms with E-state index < -0.39 is 0 Å². The Morgan fingerprint density at radius 2 is 2.00 bits per heavy atom. The minimum absolute atomic E-state index is 0.430. The van der Waals surface area contributed by atoms with E-state index in [1.807, 2.05) is 43.3 Å². The molecule has 0 spiro atoms. The zero-order valence-corrected chi connectivity index (χ0v) is 10.8. The van der Waals surface area contributed by atoms with E-state index in [2.05, 4.69) is 17.4 Å². The van der Waals surface area contributed by atoms with Gasteiger partial charge in [-0.1, -0.05) is 64.8 Å². The summed E-state index contributed by atoms with van der Waals surface area (Å²) in [6.45, 7) is 2.47. The highest BCUT2D eigenvalue weighted by atomic mass is 35.5. The van der Waals surface area contributed by atoms with Gasteiger partial charge in [-0.05, 0) is 18.6 Å². The van der Waals surface area contributed by atoms with E-state index in [4.69, 9.17) is 16.4 Å². The quantitative estimate of drug-likeness (QED) is 0.598. The molecule has 0 unspecified atom stereocenters. The van der Waals surface area contributed by atoms with E-state index in [0.29, 0.717) is 11.6 Å². The van der Waals surface area contributed by atoms with Gasteiger partial charge in [-0.2, -0.15) is 0 Å². The summed E-state index contributed by atoms with van der Waals surface area (Å²) in [6.07, 6.45) is 2.77. The van der Waals surface area contributed by atoms with E-state index >= 15 is 0 Å². The Kier molecular flexibility index (Phi) is 4.37. The van der Waals surface area contributed by atoms with Gasteiger partial charge in [-0.3, -0.25) is 0 Å². The summed E-state index contributed by atoms with van der Waals surface area (Å²) >= 11 is 5.96. The molecule has 0 heterocycles. The van der Waals surface area contributed by atoms with Crippen molar-refractivity contribution < 1.29 is 4.84 Å². The highest BCUT2D eigenvalue weighted by Gasteiger charge is 1.96. The van der Waals surface area contributed by atoms with E-state index in [9.17, 15) is 0 Å². The molecule has 1 radical (unpaired) electrons. The number of rotatable bonds is 4. The largest absolute Gasteiger partial charge is 0.390 e. The smallest absolute Gasteiger partial charge is 0.142 e. The summed E-state index contributed by atoms with van der Waals surface area (Å²) in [5.74, 6) is 0. The number of nitrogens with zero attached hydrogens (tertiary/aromatic N) is 1. The predicted molar refractivity (Wildman–Crippen MR) is 74.0 cm³/mol. The Hall–Kier alpha value is -1.80. The van der Waals surface area contributed by atoms with Gasteiger partial charge in [0.25, 0.3) is 0 Å². The van der Waals surface area contributed by atoms with Crippen LogP contribution in [-0.4, -0.2) is 6.21 Å². The zero-order valence-electron chi connectivity index (χ0n) is 10.1. The summed E-state index contributed by atoms with van der Waals surface area (Å²) in [7, 11) is 0. The second-order valence-corrected chi connectivity index (χ2v) is 4.35. The van der Waals surface area contributed by atoms with Crippen molar-refractivity contribution in [1.82, 2.24) is 0 Å². The van der Waals surface area contributed by atoms with E-state index in [1.165, 1.54) is 5.56 Å². The SMILES string of the molecule is Cc1cccc(CO/N=[C]\c2ccccc2Cl)c1. The lowest BCUT2D eigenvalue weighted by molar-refractivity contribution is 0.132. The van der Waals surface area contributed by atoms with Crippen LogP contribution in [0.2, 0.25) is 5.02 Å². The molecule has 2 nitrogen and oxygen atoms in total. The molecule has 0 aliphatic carbocycles. The van der Waals surface area contributed by atoms with Crippen molar-refractivity contribution in [2.24, 2.45) is 5.16 Å². The molecule has 0 saturated heterocycles. The molecule has 91 valence electrons. The van der Waals surface area contributed by atoms with Gasteiger partial charge >= 0.3 is 0 Å². The average molecular weight is 259 g/mol. The monoisotopic (exact) mass is 258 g/mol. The molecule has 0 atom stereocenters.